The first-order chi connectivity index (χ1) is 54.1. The molecular weight excluding hydrogens is 1520 g/mol. The number of carbonyl (C=O) groups is 4. The van der Waals surface area contributed by atoms with Crippen molar-refractivity contribution in [2.75, 3.05) is 45.2 Å². The first-order valence-corrected chi connectivity index (χ1v) is 41.9. The van der Waals surface area contributed by atoms with Gasteiger partial charge in [0.1, 0.15) is 16.8 Å². The summed E-state index contributed by atoms with van der Waals surface area (Å²) in [6.07, 6.45) is 28.8. The standard InChI is InChI=1S/C18H21ClN4O.C16H25N3O2.C16H23N3O2.C12H16F3N3O5S.C11H17N3.C5H9BO2.CH4O/c19-13-6-3-7-14(10-13)20-18(24)23-9-8-16-15(11-23)17(22-21-16)12-4-1-2-5-12;2*1-16(2,3)21-15(20)19-9-8-13-12(10-19)14(18-17-13)11-6-4-5-7-11;1-11(2,3)22-10(19)18-5-4-8-7(6-18)9(17-16-8)23-24(20,21)12(13,14)15;1-2-4-8(3-1)11-9-7-12-6-5-10(9)13-14-11;7-6(8)5-3-1-2-4-5;1-2/h3,6-7,10,12H,1-2,4-5,8-9,11H2,(H,20,24)(H,21,22);11H,4-10H2,1-3H3,(H,17,18);6H,4-5,7-10H2,1-3H3,(H,17,18);4-6H2,1-3H3,(H,16,17);8,12H,1-7H2,(H,13,14);3,7-8H,1-2,4H2;2H,1H3. The number of aromatic amines is 5. The Morgan fingerprint density at radius 2 is 0.939 bits per heavy atom. The fourth-order valence-corrected chi connectivity index (χ4v) is 16.4. The Kier molecular flexibility index (Phi) is 30.1. The van der Waals surface area contributed by atoms with Gasteiger partial charge in [-0.1, -0.05) is 68.3 Å². The number of aliphatic hydroxyl groups is 1. The van der Waals surface area contributed by atoms with Gasteiger partial charge in [-0.25, -0.2) is 19.2 Å². The van der Waals surface area contributed by atoms with Crippen LogP contribution >= 0.6 is 11.6 Å². The minimum Gasteiger partial charge on any atom is -0.444 e. The predicted molar refractivity (Wildman–Crippen MR) is 425 cm³/mol. The number of urea groups is 1. The molecule has 114 heavy (non-hydrogen) atoms. The van der Waals surface area contributed by atoms with Gasteiger partial charge in [0.05, 0.1) is 54.5 Å². The van der Waals surface area contributed by atoms with E-state index < -0.39 is 51.5 Å². The maximum absolute atomic E-state index is 12.6. The smallest absolute Gasteiger partial charge is 0.444 e. The third-order valence-electron chi connectivity index (χ3n) is 21.4. The molecular formula is C79H115BClF3N16O13S. The molecule has 0 radical (unpaired) electrons. The topological polar surface area (TPSA) is 380 Å². The molecule has 3 saturated carbocycles. The first kappa shape index (κ1) is 87.9. The summed E-state index contributed by atoms with van der Waals surface area (Å²) in [6.45, 7) is 22.5. The molecule has 0 atom stereocenters. The number of alkyl halides is 3. The minimum atomic E-state index is -5.84. The van der Waals surface area contributed by atoms with Crippen molar-refractivity contribution in [2.45, 2.75) is 283 Å². The summed E-state index contributed by atoms with van der Waals surface area (Å²) < 4.78 is 79.6. The summed E-state index contributed by atoms with van der Waals surface area (Å²) in [7, 11) is -6.03. The van der Waals surface area contributed by atoms with Gasteiger partial charge >= 0.3 is 47.1 Å². The SMILES string of the molecule is C1CCC(c2n[nH]c3c2CNCC3)C1.CC(C)(C)OC(=O)N1CCc2[nH]nc(C3=CCCC3)c2C1.CC(C)(C)OC(=O)N1CCc2[nH]nc(C3CCCC3)c2C1.CC(C)(C)OC(=O)N1CCc2[nH]nc(OS(=O)(=O)C(F)(F)F)c2C1.CO.O=C(Nc1cccc(Cl)c1)N1CCc2[nH]nc(C3CCCC3)c2C1.OB(O)C1=CCCC1. The highest BCUT2D eigenvalue weighted by atomic mass is 35.5. The van der Waals surface area contributed by atoms with Gasteiger partial charge in [0.15, 0.2) is 0 Å². The van der Waals surface area contributed by atoms with Crippen LogP contribution in [0.4, 0.5) is 38.0 Å². The lowest BCUT2D eigenvalue weighted by Crippen LogP contribution is -2.40. The van der Waals surface area contributed by atoms with Crippen molar-refractivity contribution < 1.29 is 74.3 Å². The quantitative estimate of drug-likeness (QED) is 0.0293. The van der Waals surface area contributed by atoms with E-state index in [9.17, 15) is 40.8 Å². The highest BCUT2D eigenvalue weighted by molar-refractivity contribution is 7.88. The largest absolute Gasteiger partial charge is 0.534 e. The number of ether oxygens (including phenoxy) is 3. The van der Waals surface area contributed by atoms with Crippen LogP contribution in [-0.2, 0) is 89.2 Å². The number of rotatable bonds is 8. The summed E-state index contributed by atoms with van der Waals surface area (Å²) in [4.78, 5) is 55.8. The van der Waals surface area contributed by atoms with Crippen molar-refractivity contribution in [3.05, 3.63) is 126 Å². The molecule has 6 aromatic rings. The number of hydrogen-bond acceptors (Lipinski definition) is 19. The van der Waals surface area contributed by atoms with Crippen LogP contribution in [-0.4, -0.2) is 188 Å². The van der Waals surface area contributed by atoms with Gasteiger partial charge in [0, 0.05) is 158 Å². The Morgan fingerprint density at radius 3 is 1.38 bits per heavy atom. The molecule has 35 heteroatoms. The van der Waals surface area contributed by atoms with E-state index in [2.05, 4.69) is 71.9 Å². The zero-order valence-electron chi connectivity index (χ0n) is 67.5. The first-order valence-electron chi connectivity index (χ1n) is 40.1. The number of hydrogen-bond donors (Lipinski definition) is 10. The molecule has 10 N–H and O–H groups in total. The maximum atomic E-state index is 12.6. The van der Waals surface area contributed by atoms with Gasteiger partial charge in [-0.3, -0.25) is 25.5 Å². The number of aromatic nitrogens is 10. The number of anilines is 1. The normalized spacial score (nSPS) is 18.2. The summed E-state index contributed by atoms with van der Waals surface area (Å²) in [6, 6.07) is 7.16. The molecule has 16 rings (SSSR count). The average Bonchev–Trinajstić information content (AvgIpc) is 1.67. The van der Waals surface area contributed by atoms with E-state index >= 15 is 0 Å². The van der Waals surface area contributed by atoms with Crippen molar-refractivity contribution in [3.63, 3.8) is 0 Å². The number of nitrogens with one attached hydrogen (secondary N) is 7. The minimum absolute atomic E-state index is 0.0694. The zero-order chi connectivity index (χ0) is 82.3. The van der Waals surface area contributed by atoms with Crippen molar-refractivity contribution in [2.24, 2.45) is 0 Å². The molecule has 5 amide bonds. The third kappa shape index (κ3) is 23.9. The lowest BCUT2D eigenvalue weighted by molar-refractivity contribution is -0.0502. The lowest BCUT2D eigenvalue weighted by atomic mass is 9.79. The van der Waals surface area contributed by atoms with E-state index in [1.165, 1.54) is 150 Å². The maximum Gasteiger partial charge on any atom is 0.534 e. The number of H-pyrrole nitrogens is 5. The summed E-state index contributed by atoms with van der Waals surface area (Å²) in [5.74, 6) is 1.15. The summed E-state index contributed by atoms with van der Waals surface area (Å²) >= 11 is 5.98. The molecule has 0 saturated heterocycles. The number of aliphatic hydroxyl groups excluding tert-OH is 1. The van der Waals surface area contributed by atoms with E-state index in [4.69, 9.17) is 41.0 Å². The highest BCUT2D eigenvalue weighted by Crippen LogP contribution is 2.41. The van der Waals surface area contributed by atoms with Crippen molar-refractivity contribution >= 4 is 64.4 Å². The fourth-order valence-electron chi connectivity index (χ4n) is 15.7. The molecule has 626 valence electrons. The number of nitrogens with zero attached hydrogens (tertiary/aromatic N) is 9. The molecule has 5 aromatic heterocycles. The number of halogens is 4. The molecule has 10 aliphatic rings. The van der Waals surface area contributed by atoms with Crippen LogP contribution in [0, 0.1) is 0 Å². The van der Waals surface area contributed by atoms with E-state index in [1.54, 1.807) is 37.8 Å². The zero-order valence-corrected chi connectivity index (χ0v) is 69.0. The summed E-state index contributed by atoms with van der Waals surface area (Å²) in [5.41, 5.74) is 10.9. The van der Waals surface area contributed by atoms with Crippen LogP contribution in [0.3, 0.4) is 0 Å². The van der Waals surface area contributed by atoms with Gasteiger partial charge < -0.3 is 63.8 Å². The molecule has 29 nitrogen and oxygen atoms in total. The van der Waals surface area contributed by atoms with Crippen LogP contribution in [0.15, 0.2) is 41.9 Å². The van der Waals surface area contributed by atoms with E-state index in [1.807, 2.05) is 69.6 Å². The molecule has 0 unspecified atom stereocenters. The lowest BCUT2D eigenvalue weighted by Gasteiger charge is -2.30. The monoisotopic (exact) mass is 1630 g/mol. The van der Waals surface area contributed by atoms with Gasteiger partial charge in [0.25, 0.3) is 5.88 Å². The van der Waals surface area contributed by atoms with Gasteiger partial charge in [0.2, 0.25) is 0 Å². The van der Waals surface area contributed by atoms with Crippen molar-refractivity contribution in [1.29, 1.82) is 0 Å². The number of fused-ring (bicyclic) bond motifs is 5. The van der Waals surface area contributed by atoms with E-state index in [0.29, 0.717) is 61.8 Å². The van der Waals surface area contributed by atoms with Crippen LogP contribution < -0.4 is 14.8 Å². The third-order valence-corrected chi connectivity index (χ3v) is 22.5. The van der Waals surface area contributed by atoms with E-state index in [-0.39, 0.29) is 43.3 Å². The fraction of sp³-hybridized carbons (Fsp3) is 0.633. The van der Waals surface area contributed by atoms with Crippen molar-refractivity contribution in [1.82, 2.24) is 75.9 Å². The Bertz CT molecular complexity index is 4400. The van der Waals surface area contributed by atoms with Gasteiger partial charge in [-0.15, -0.1) is 5.10 Å². The Hall–Kier alpha value is -8.44. The van der Waals surface area contributed by atoms with Crippen LogP contribution in [0.1, 0.15) is 275 Å². The number of amides is 5. The Balaban J connectivity index is 0.000000147. The second-order valence-electron chi connectivity index (χ2n) is 33.3. The molecule has 1 aromatic carbocycles. The number of allylic oxidation sites excluding steroid dienone is 4. The Morgan fingerprint density at radius 1 is 0.526 bits per heavy atom. The van der Waals surface area contributed by atoms with Crippen LogP contribution in [0.2, 0.25) is 5.02 Å². The molecule has 10 heterocycles. The Labute approximate surface area is 671 Å². The van der Waals surface area contributed by atoms with Crippen LogP contribution in [0.5, 0.6) is 5.88 Å². The van der Waals surface area contributed by atoms with Gasteiger partial charge in [-0.2, -0.15) is 42.0 Å². The van der Waals surface area contributed by atoms with Crippen LogP contribution in [0.25, 0.3) is 5.57 Å². The molecule has 0 spiro atoms. The molecule has 5 aliphatic carbocycles. The van der Waals surface area contributed by atoms with Crippen molar-refractivity contribution in [3.8, 4) is 5.88 Å². The summed E-state index contributed by atoms with van der Waals surface area (Å²) in [5, 5.41) is 67.8. The molecule has 3 fully saturated rings. The number of carbonyl (C=O) groups excluding carboxylic acids is 4. The second kappa shape index (κ2) is 39.0. The molecule has 0 bridgehead atoms. The number of benzene rings is 1. The predicted octanol–water partition coefficient (Wildman–Crippen LogP) is 14.3. The second-order valence-corrected chi connectivity index (χ2v) is 35.3. The average molecular weight is 1630 g/mol. The molecule has 5 aliphatic heterocycles. The van der Waals surface area contributed by atoms with E-state index in [0.717, 1.165) is 106 Å². The van der Waals surface area contributed by atoms with Gasteiger partial charge in [-0.05, 0) is 169 Å². The highest BCUT2D eigenvalue weighted by Gasteiger charge is 2.50.